The molecule has 3 rings (SSSR count). The highest BCUT2D eigenvalue weighted by molar-refractivity contribution is 6.68. The smallest absolute Gasteiger partial charge is 0.296 e. The fourth-order valence-corrected chi connectivity index (χ4v) is 3.25. The number of rotatable bonds is 7. The van der Waals surface area contributed by atoms with Gasteiger partial charge in [-0.05, 0) is 62.4 Å². The Labute approximate surface area is 170 Å². The highest BCUT2D eigenvalue weighted by atomic mass is 16.5. The van der Waals surface area contributed by atoms with E-state index in [4.69, 9.17) is 5.11 Å². The molecule has 2 aromatic carbocycles. The second-order valence-electron chi connectivity index (χ2n) is 7.18. The van der Waals surface area contributed by atoms with Gasteiger partial charge in [0.05, 0.1) is 24.6 Å². The minimum absolute atomic E-state index is 0.0572. The summed E-state index contributed by atoms with van der Waals surface area (Å²) >= 11 is 0. The van der Waals surface area contributed by atoms with Gasteiger partial charge >= 0.3 is 0 Å². The van der Waals surface area contributed by atoms with Gasteiger partial charge in [-0.25, -0.2) is 5.01 Å². The molecule has 7 nitrogen and oxygen atoms in total. The number of hydrazone groups is 2. The molecule has 0 atom stereocenters. The van der Waals surface area contributed by atoms with Crippen molar-refractivity contribution >= 4 is 23.0 Å². The summed E-state index contributed by atoms with van der Waals surface area (Å²) in [4.78, 5) is 12.3. The number of aliphatic hydroxyl groups is 1. The summed E-state index contributed by atoms with van der Waals surface area (Å²) in [5.74, 6) is -0.443. The maximum atomic E-state index is 12.3. The summed E-state index contributed by atoms with van der Waals surface area (Å²) in [6.45, 7) is 5.74. The number of amides is 1. The number of hydrogen-bond donors (Lipinski definition) is 2. The Morgan fingerprint density at radius 3 is 2.66 bits per heavy atom. The first-order chi connectivity index (χ1) is 13.9. The summed E-state index contributed by atoms with van der Waals surface area (Å²) in [6.07, 6.45) is 1.73. The Morgan fingerprint density at radius 1 is 1.10 bits per heavy atom. The van der Waals surface area contributed by atoms with Gasteiger partial charge in [-0.3, -0.25) is 10.0 Å². The lowest BCUT2D eigenvalue weighted by molar-refractivity contribution is -0.123. The maximum Gasteiger partial charge on any atom is 0.296 e. The van der Waals surface area contributed by atoms with Crippen LogP contribution in [0.4, 0.5) is 5.69 Å². The molecule has 7 heteroatoms. The maximum absolute atomic E-state index is 12.3. The molecule has 0 aromatic heterocycles. The van der Waals surface area contributed by atoms with Crippen molar-refractivity contribution in [2.24, 2.45) is 10.2 Å². The van der Waals surface area contributed by atoms with Gasteiger partial charge in [-0.1, -0.05) is 35.9 Å². The fraction of sp³-hybridized carbons (Fsp3) is 0.318. The quantitative estimate of drug-likeness (QED) is 0.707. The molecule has 1 aliphatic rings. The lowest BCUT2D eigenvalue weighted by atomic mass is 9.98. The van der Waals surface area contributed by atoms with Gasteiger partial charge in [0.2, 0.25) is 0 Å². The van der Waals surface area contributed by atoms with E-state index < -0.39 is 5.91 Å². The number of aryl methyl sites for hydroxylation is 4. The molecule has 152 valence electrons. The second kappa shape index (κ2) is 8.98. The molecule has 1 aliphatic heterocycles. The highest BCUT2D eigenvalue weighted by Crippen LogP contribution is 2.19. The highest BCUT2D eigenvalue weighted by Gasteiger charge is 2.29. The van der Waals surface area contributed by atoms with Crippen LogP contribution >= 0.6 is 0 Å². The molecule has 0 unspecified atom stereocenters. The summed E-state index contributed by atoms with van der Waals surface area (Å²) in [7, 11) is 0. The Hall–Kier alpha value is -3.03. The van der Waals surface area contributed by atoms with E-state index in [2.05, 4.69) is 42.2 Å². The lowest BCUT2D eigenvalue weighted by Gasteiger charge is -2.14. The molecule has 0 bridgehead atoms. The van der Waals surface area contributed by atoms with E-state index in [1.54, 1.807) is 13.0 Å². The minimum atomic E-state index is -0.443. The molecular formula is C22H26N4O3. The van der Waals surface area contributed by atoms with Crippen LogP contribution in [0, 0.1) is 13.8 Å². The van der Waals surface area contributed by atoms with Crippen LogP contribution < -0.4 is 5.17 Å². The Kier molecular flexibility index (Phi) is 6.41. The summed E-state index contributed by atoms with van der Waals surface area (Å²) in [6, 6.07) is 13.9. The molecule has 1 heterocycles. The van der Waals surface area contributed by atoms with Crippen LogP contribution in [0.25, 0.3) is 0 Å². The van der Waals surface area contributed by atoms with Crippen molar-refractivity contribution in [3.05, 3.63) is 64.7 Å². The van der Waals surface area contributed by atoms with E-state index in [0.717, 1.165) is 23.4 Å². The summed E-state index contributed by atoms with van der Waals surface area (Å²) in [5, 5.41) is 29.3. The SMILES string of the molecule is CC1=NN(CCO)C(=O)C1=NN(O)c1cccc(CCc2cc(C)ccc2C)c1. The molecule has 0 radical (unpaired) electrons. The molecule has 0 fully saturated rings. The van der Waals surface area contributed by atoms with Crippen molar-refractivity contribution in [2.45, 2.75) is 33.6 Å². The number of benzene rings is 2. The summed E-state index contributed by atoms with van der Waals surface area (Å²) < 4.78 is 0. The van der Waals surface area contributed by atoms with E-state index >= 15 is 0 Å². The van der Waals surface area contributed by atoms with Gasteiger partial charge in [0.25, 0.3) is 5.91 Å². The van der Waals surface area contributed by atoms with E-state index in [0.29, 0.717) is 16.6 Å². The van der Waals surface area contributed by atoms with E-state index in [1.807, 2.05) is 18.2 Å². The molecule has 0 spiro atoms. The first-order valence-corrected chi connectivity index (χ1v) is 9.60. The van der Waals surface area contributed by atoms with E-state index in [1.165, 1.54) is 16.7 Å². The van der Waals surface area contributed by atoms with Crippen molar-refractivity contribution < 1.29 is 15.1 Å². The molecular weight excluding hydrogens is 368 g/mol. The molecule has 0 saturated heterocycles. The molecule has 0 aliphatic carbocycles. The van der Waals surface area contributed by atoms with Gasteiger partial charge in [0, 0.05) is 0 Å². The molecule has 1 amide bonds. The topological polar surface area (TPSA) is 88.7 Å². The van der Waals surface area contributed by atoms with Gasteiger partial charge in [0.15, 0.2) is 5.71 Å². The standard InChI is InChI=1S/C22H26N4O3/c1-15-7-8-16(2)19(13-15)10-9-18-5-4-6-20(14-18)26(29)24-21-17(3)23-25(11-12-27)22(21)28/h4-8,13-14,27,29H,9-12H2,1-3H3. The molecule has 29 heavy (non-hydrogen) atoms. The number of hydrogen-bond acceptors (Lipinski definition) is 6. The zero-order chi connectivity index (χ0) is 21.0. The van der Waals surface area contributed by atoms with Crippen LogP contribution in [-0.4, -0.2) is 45.8 Å². The first kappa shape index (κ1) is 20.7. The van der Waals surface area contributed by atoms with Crippen molar-refractivity contribution in [1.82, 2.24) is 5.01 Å². The average Bonchev–Trinajstić information content (AvgIpc) is 2.96. The van der Waals surface area contributed by atoms with E-state index in [-0.39, 0.29) is 18.9 Å². The van der Waals surface area contributed by atoms with E-state index in [9.17, 15) is 10.0 Å². The zero-order valence-electron chi connectivity index (χ0n) is 17.0. The Balaban J connectivity index is 1.73. The number of β-amino-alcohol motifs (C(OH)–C–C–N with tert-alkyl or cyclic N) is 1. The third-order valence-electron chi connectivity index (χ3n) is 4.89. The number of carbonyl (C=O) groups is 1. The predicted molar refractivity (Wildman–Crippen MR) is 113 cm³/mol. The van der Waals surface area contributed by atoms with Crippen molar-refractivity contribution in [1.29, 1.82) is 0 Å². The normalized spacial score (nSPS) is 15.2. The summed E-state index contributed by atoms with van der Waals surface area (Å²) in [5.41, 5.74) is 5.80. The van der Waals surface area contributed by atoms with Crippen molar-refractivity contribution in [3.63, 3.8) is 0 Å². The molecule has 2 N–H and O–H groups in total. The Bertz CT molecular complexity index is 968. The van der Waals surface area contributed by atoms with Crippen LogP contribution in [0.2, 0.25) is 0 Å². The molecule has 0 saturated carbocycles. The van der Waals surface area contributed by atoms with Crippen LogP contribution in [0.5, 0.6) is 0 Å². The first-order valence-electron chi connectivity index (χ1n) is 9.60. The van der Waals surface area contributed by atoms with Gasteiger partial charge in [0.1, 0.15) is 0 Å². The Morgan fingerprint density at radius 2 is 1.90 bits per heavy atom. The fourth-order valence-electron chi connectivity index (χ4n) is 3.25. The van der Waals surface area contributed by atoms with Gasteiger partial charge < -0.3 is 5.11 Å². The molecule has 2 aromatic rings. The predicted octanol–water partition coefficient (Wildman–Crippen LogP) is 2.85. The lowest BCUT2D eigenvalue weighted by Crippen LogP contribution is -2.31. The van der Waals surface area contributed by atoms with Gasteiger partial charge in [-0.15, -0.1) is 10.3 Å². The number of aliphatic hydroxyl groups excluding tert-OH is 1. The number of nitrogens with zero attached hydrogens (tertiary/aromatic N) is 4. The minimum Gasteiger partial charge on any atom is -0.394 e. The largest absolute Gasteiger partial charge is 0.394 e. The van der Waals surface area contributed by atoms with Crippen molar-refractivity contribution in [2.75, 3.05) is 18.3 Å². The third kappa shape index (κ3) is 4.88. The van der Waals surface area contributed by atoms with Crippen LogP contribution in [0.1, 0.15) is 29.2 Å². The van der Waals surface area contributed by atoms with Crippen LogP contribution in [0.3, 0.4) is 0 Å². The van der Waals surface area contributed by atoms with Crippen LogP contribution in [0.15, 0.2) is 52.7 Å². The average molecular weight is 394 g/mol. The second-order valence-corrected chi connectivity index (χ2v) is 7.18. The van der Waals surface area contributed by atoms with Crippen molar-refractivity contribution in [3.8, 4) is 0 Å². The number of carbonyl (C=O) groups excluding carboxylic acids is 1. The number of anilines is 1. The monoisotopic (exact) mass is 394 g/mol. The van der Waals surface area contributed by atoms with Crippen LogP contribution in [-0.2, 0) is 17.6 Å². The third-order valence-corrected chi connectivity index (χ3v) is 4.89. The zero-order valence-corrected chi connectivity index (χ0v) is 17.0. The van der Waals surface area contributed by atoms with Gasteiger partial charge in [-0.2, -0.15) is 5.10 Å².